The van der Waals surface area contributed by atoms with Crippen LogP contribution in [0.15, 0.2) is 95.7 Å². The lowest BCUT2D eigenvalue weighted by atomic mass is 10.1. The van der Waals surface area contributed by atoms with Crippen molar-refractivity contribution in [2.75, 3.05) is 0 Å². The Morgan fingerprint density at radius 1 is 0.815 bits per heavy atom. The minimum absolute atomic E-state index is 0.0406. The molecule has 0 unspecified atom stereocenters. The van der Waals surface area contributed by atoms with Gasteiger partial charge >= 0.3 is 0 Å². The van der Waals surface area contributed by atoms with Crippen molar-refractivity contribution >= 4 is 17.3 Å². The number of aromatic hydroxyl groups is 2. The molecule has 136 valence electrons. The molecule has 27 heavy (non-hydrogen) atoms. The predicted octanol–water partition coefficient (Wildman–Crippen LogP) is 4.84. The second-order valence-electron chi connectivity index (χ2n) is 5.36. The number of rotatable bonds is 4. The van der Waals surface area contributed by atoms with Crippen LogP contribution in [0.5, 0.6) is 11.5 Å². The van der Waals surface area contributed by atoms with Crippen LogP contribution in [-0.4, -0.2) is 16.1 Å². The van der Waals surface area contributed by atoms with Gasteiger partial charge in [-0.1, -0.05) is 55.1 Å². The number of hydrogen-bond acceptors (Lipinski definition) is 5. The molecule has 0 aromatic heterocycles. The number of azo groups is 1. The summed E-state index contributed by atoms with van der Waals surface area (Å²) in [5.41, 5.74) is 7.20. The number of phenols is 2. The zero-order valence-corrected chi connectivity index (χ0v) is 14.5. The Balaban J connectivity index is 0.000000465. The average molecular weight is 361 g/mol. The number of amides is 1. The highest BCUT2D eigenvalue weighted by Crippen LogP contribution is 2.34. The maximum atomic E-state index is 9.91. The number of para-hydroxylation sites is 1. The standard InChI is InChI=1S/C18H14N2O2.C3H5NO/c21-17-9-5-4-8-15(17)19-20-16-12-14(10-11-18(16)22)13-6-2-1-3-7-13;1-2-3(4)5/h1-12,21-22H;2H,1H2,(H2,4,5). The summed E-state index contributed by atoms with van der Waals surface area (Å²) in [5.74, 6) is -0.395. The molecule has 3 aromatic rings. The van der Waals surface area contributed by atoms with Crippen LogP contribution in [0.1, 0.15) is 0 Å². The summed E-state index contributed by atoms with van der Waals surface area (Å²) in [7, 11) is 0. The fraction of sp³-hybridized carbons (Fsp3) is 0. The van der Waals surface area contributed by atoms with Gasteiger partial charge < -0.3 is 15.9 Å². The van der Waals surface area contributed by atoms with Gasteiger partial charge in [0.2, 0.25) is 5.91 Å². The number of hydrogen-bond donors (Lipinski definition) is 3. The molecule has 4 N–H and O–H groups in total. The highest BCUT2D eigenvalue weighted by atomic mass is 16.3. The summed E-state index contributed by atoms with van der Waals surface area (Å²) in [5, 5.41) is 27.6. The van der Waals surface area contributed by atoms with E-state index in [1.807, 2.05) is 36.4 Å². The minimum atomic E-state index is -0.481. The smallest absolute Gasteiger partial charge is 0.240 e. The quantitative estimate of drug-likeness (QED) is 0.457. The number of benzene rings is 3. The monoisotopic (exact) mass is 361 g/mol. The van der Waals surface area contributed by atoms with E-state index in [0.717, 1.165) is 17.2 Å². The van der Waals surface area contributed by atoms with E-state index in [1.165, 1.54) is 6.07 Å². The highest BCUT2D eigenvalue weighted by Gasteiger charge is 2.04. The molecule has 0 heterocycles. The van der Waals surface area contributed by atoms with Gasteiger partial charge in [0.15, 0.2) is 0 Å². The lowest BCUT2D eigenvalue weighted by Crippen LogP contribution is -2.04. The Bertz CT molecular complexity index is 954. The normalized spacial score (nSPS) is 10.1. The summed E-state index contributed by atoms with van der Waals surface area (Å²) >= 11 is 0. The van der Waals surface area contributed by atoms with Crippen LogP contribution in [0.4, 0.5) is 11.4 Å². The molecule has 0 atom stereocenters. The van der Waals surface area contributed by atoms with Crippen LogP contribution in [0.2, 0.25) is 0 Å². The molecule has 1 amide bonds. The first-order chi connectivity index (χ1) is 13.0. The van der Waals surface area contributed by atoms with Crippen LogP contribution in [-0.2, 0) is 4.79 Å². The van der Waals surface area contributed by atoms with Gasteiger partial charge in [0.1, 0.15) is 22.9 Å². The lowest BCUT2D eigenvalue weighted by Gasteiger charge is -2.04. The minimum Gasteiger partial charge on any atom is -0.506 e. The lowest BCUT2D eigenvalue weighted by molar-refractivity contribution is -0.113. The van der Waals surface area contributed by atoms with Gasteiger partial charge in [-0.25, -0.2) is 0 Å². The molecule has 6 nitrogen and oxygen atoms in total. The third kappa shape index (κ3) is 5.82. The molecule has 0 aliphatic carbocycles. The summed E-state index contributed by atoms with van der Waals surface area (Å²) in [6.45, 7) is 3.09. The maximum Gasteiger partial charge on any atom is 0.240 e. The Hall–Kier alpha value is -3.93. The van der Waals surface area contributed by atoms with Crippen LogP contribution < -0.4 is 5.73 Å². The first-order valence-electron chi connectivity index (χ1n) is 8.01. The van der Waals surface area contributed by atoms with E-state index >= 15 is 0 Å². The second-order valence-corrected chi connectivity index (χ2v) is 5.36. The average Bonchev–Trinajstić information content (AvgIpc) is 2.69. The van der Waals surface area contributed by atoms with Crippen LogP contribution in [0.3, 0.4) is 0 Å². The predicted molar refractivity (Wildman–Crippen MR) is 105 cm³/mol. The van der Waals surface area contributed by atoms with E-state index in [-0.39, 0.29) is 11.5 Å². The molecule has 0 bridgehead atoms. The van der Waals surface area contributed by atoms with Gasteiger partial charge in [0, 0.05) is 0 Å². The Morgan fingerprint density at radius 3 is 2.00 bits per heavy atom. The van der Waals surface area contributed by atoms with Crippen molar-refractivity contribution in [3.05, 3.63) is 85.5 Å². The first-order valence-corrected chi connectivity index (χ1v) is 8.01. The Morgan fingerprint density at radius 2 is 1.37 bits per heavy atom. The zero-order chi connectivity index (χ0) is 19.6. The summed E-state index contributed by atoms with van der Waals surface area (Å²) in [6, 6.07) is 21.6. The Kier molecular flexibility index (Phi) is 6.84. The molecule has 6 heteroatoms. The molecule has 0 aliphatic rings. The first kappa shape index (κ1) is 19.4. The van der Waals surface area contributed by atoms with Crippen LogP contribution in [0.25, 0.3) is 11.1 Å². The highest BCUT2D eigenvalue weighted by molar-refractivity contribution is 5.85. The van der Waals surface area contributed by atoms with Gasteiger partial charge in [0.25, 0.3) is 0 Å². The van der Waals surface area contributed by atoms with E-state index in [4.69, 9.17) is 0 Å². The van der Waals surface area contributed by atoms with Crippen molar-refractivity contribution in [1.29, 1.82) is 0 Å². The number of carbonyl (C=O) groups excluding carboxylic acids is 1. The third-order valence-corrected chi connectivity index (χ3v) is 3.43. The summed E-state index contributed by atoms with van der Waals surface area (Å²) < 4.78 is 0. The second kappa shape index (κ2) is 9.53. The van der Waals surface area contributed by atoms with Gasteiger partial charge in [-0.15, -0.1) is 10.2 Å². The van der Waals surface area contributed by atoms with Gasteiger partial charge in [-0.2, -0.15) is 0 Å². The third-order valence-electron chi connectivity index (χ3n) is 3.43. The van der Waals surface area contributed by atoms with E-state index in [0.29, 0.717) is 11.4 Å². The molecule has 0 saturated heterocycles. The molecule has 0 spiro atoms. The number of primary amides is 1. The van der Waals surface area contributed by atoms with E-state index in [2.05, 4.69) is 22.5 Å². The topological polar surface area (TPSA) is 108 Å². The molecule has 0 saturated carbocycles. The number of nitrogens with two attached hydrogens (primary N) is 1. The van der Waals surface area contributed by atoms with Crippen molar-refractivity contribution < 1.29 is 15.0 Å². The van der Waals surface area contributed by atoms with E-state index in [9.17, 15) is 15.0 Å². The Labute approximate surface area is 156 Å². The van der Waals surface area contributed by atoms with Gasteiger partial charge in [-0.05, 0) is 41.5 Å². The van der Waals surface area contributed by atoms with Crippen LogP contribution >= 0.6 is 0 Å². The molecular weight excluding hydrogens is 342 g/mol. The van der Waals surface area contributed by atoms with Crippen molar-refractivity contribution in [3.8, 4) is 22.6 Å². The fourth-order valence-corrected chi connectivity index (χ4v) is 2.07. The number of phenolic OH excluding ortho intramolecular Hbond substituents is 2. The fourth-order valence-electron chi connectivity index (χ4n) is 2.07. The molecular formula is C21H19N3O3. The van der Waals surface area contributed by atoms with Gasteiger partial charge in [0.05, 0.1) is 0 Å². The van der Waals surface area contributed by atoms with Crippen LogP contribution in [0, 0.1) is 0 Å². The zero-order valence-electron chi connectivity index (χ0n) is 14.5. The molecule has 3 aromatic carbocycles. The maximum absolute atomic E-state index is 9.91. The van der Waals surface area contributed by atoms with Crippen molar-refractivity contribution in [3.63, 3.8) is 0 Å². The largest absolute Gasteiger partial charge is 0.506 e. The number of nitrogens with zero attached hydrogens (tertiary/aromatic N) is 2. The summed E-state index contributed by atoms with van der Waals surface area (Å²) in [4.78, 5) is 9.47. The van der Waals surface area contributed by atoms with Crippen molar-refractivity contribution in [2.24, 2.45) is 16.0 Å². The van der Waals surface area contributed by atoms with E-state index in [1.54, 1.807) is 30.3 Å². The molecule has 0 radical (unpaired) electrons. The molecule has 0 fully saturated rings. The summed E-state index contributed by atoms with van der Waals surface area (Å²) in [6.07, 6.45) is 1.06. The van der Waals surface area contributed by atoms with Crippen molar-refractivity contribution in [1.82, 2.24) is 0 Å². The van der Waals surface area contributed by atoms with Crippen molar-refractivity contribution in [2.45, 2.75) is 0 Å². The number of carbonyl (C=O) groups is 1. The molecule has 0 aliphatic heterocycles. The van der Waals surface area contributed by atoms with Gasteiger partial charge in [-0.3, -0.25) is 4.79 Å². The van der Waals surface area contributed by atoms with E-state index < -0.39 is 5.91 Å². The SMILES string of the molecule is C=CC(N)=O.Oc1ccccc1N=Nc1cc(-c2ccccc2)ccc1O. The molecule has 3 rings (SSSR count).